The van der Waals surface area contributed by atoms with E-state index in [1.165, 1.54) is 12.7 Å². The molecule has 0 aromatic heterocycles. The first-order valence-electron chi connectivity index (χ1n) is 6.82. The summed E-state index contributed by atoms with van der Waals surface area (Å²) in [5.41, 5.74) is 2.73. The number of carbonyl (C=O) groups excluding carboxylic acids is 1. The van der Waals surface area contributed by atoms with Crippen LogP contribution in [0.4, 0.5) is 0 Å². The highest BCUT2D eigenvalue weighted by molar-refractivity contribution is 5.89. The Hall–Kier alpha value is -2.49. The van der Waals surface area contributed by atoms with E-state index < -0.39 is 0 Å². The van der Waals surface area contributed by atoms with Gasteiger partial charge in [-0.2, -0.15) is 0 Å². The molecule has 2 aromatic rings. The van der Waals surface area contributed by atoms with Crippen molar-refractivity contribution in [3.8, 4) is 11.5 Å². The van der Waals surface area contributed by atoms with Gasteiger partial charge in [-0.25, -0.2) is 4.79 Å². The topological polar surface area (TPSA) is 44.8 Å². The molecule has 4 heteroatoms. The average molecular weight is 284 g/mol. The number of rotatable bonds is 4. The van der Waals surface area contributed by atoms with Crippen LogP contribution < -0.4 is 9.47 Å². The second-order valence-corrected chi connectivity index (χ2v) is 4.85. The molecule has 3 rings (SSSR count). The third kappa shape index (κ3) is 2.99. The predicted molar refractivity (Wildman–Crippen MR) is 77.8 cm³/mol. The van der Waals surface area contributed by atoms with E-state index in [1.807, 2.05) is 30.3 Å². The lowest BCUT2D eigenvalue weighted by Crippen LogP contribution is -2.02. The largest absolute Gasteiger partial charge is 0.493 e. The zero-order valence-corrected chi connectivity index (χ0v) is 11.8. The molecule has 0 radical (unpaired) electrons. The first-order valence-corrected chi connectivity index (χ1v) is 6.82. The van der Waals surface area contributed by atoms with Crippen molar-refractivity contribution in [1.82, 2.24) is 0 Å². The number of carbonyl (C=O) groups is 1. The van der Waals surface area contributed by atoms with Crippen molar-refractivity contribution in [3.05, 3.63) is 59.2 Å². The molecule has 0 spiro atoms. The Labute approximate surface area is 123 Å². The van der Waals surface area contributed by atoms with E-state index in [0.717, 1.165) is 30.1 Å². The second kappa shape index (κ2) is 5.87. The Morgan fingerprint density at radius 2 is 2.00 bits per heavy atom. The molecule has 0 N–H and O–H groups in total. The summed E-state index contributed by atoms with van der Waals surface area (Å²) in [6, 6.07) is 13.1. The molecule has 0 atom stereocenters. The second-order valence-electron chi connectivity index (χ2n) is 4.85. The molecule has 0 amide bonds. The SMILES string of the molecule is COC(=O)c1ccc(COc2ccc3c(c2)CCO3)cc1. The zero-order valence-electron chi connectivity index (χ0n) is 11.8. The van der Waals surface area contributed by atoms with Crippen molar-refractivity contribution in [1.29, 1.82) is 0 Å². The van der Waals surface area contributed by atoms with Gasteiger partial charge in [0.2, 0.25) is 0 Å². The van der Waals surface area contributed by atoms with Crippen LogP contribution in [0.1, 0.15) is 21.5 Å². The lowest BCUT2D eigenvalue weighted by Gasteiger charge is -2.08. The van der Waals surface area contributed by atoms with Gasteiger partial charge < -0.3 is 14.2 Å². The fourth-order valence-electron chi connectivity index (χ4n) is 2.27. The van der Waals surface area contributed by atoms with Crippen molar-refractivity contribution >= 4 is 5.97 Å². The first kappa shape index (κ1) is 13.5. The van der Waals surface area contributed by atoms with Gasteiger partial charge in [-0.05, 0) is 35.9 Å². The van der Waals surface area contributed by atoms with Crippen LogP contribution in [0.5, 0.6) is 11.5 Å². The number of benzene rings is 2. The Bertz CT molecular complexity index is 646. The molecule has 108 valence electrons. The molecule has 1 aliphatic heterocycles. The Morgan fingerprint density at radius 3 is 2.76 bits per heavy atom. The Balaban J connectivity index is 1.63. The summed E-state index contributed by atoms with van der Waals surface area (Å²) in [5.74, 6) is 1.45. The number of hydrogen-bond donors (Lipinski definition) is 0. The number of fused-ring (bicyclic) bond motifs is 1. The monoisotopic (exact) mass is 284 g/mol. The highest BCUT2D eigenvalue weighted by Crippen LogP contribution is 2.29. The van der Waals surface area contributed by atoms with E-state index in [4.69, 9.17) is 9.47 Å². The van der Waals surface area contributed by atoms with Gasteiger partial charge in [-0.15, -0.1) is 0 Å². The summed E-state index contributed by atoms with van der Waals surface area (Å²) in [6.45, 7) is 1.20. The molecule has 1 heterocycles. The molecule has 0 aliphatic carbocycles. The van der Waals surface area contributed by atoms with Gasteiger partial charge in [-0.1, -0.05) is 12.1 Å². The van der Waals surface area contributed by atoms with Crippen LogP contribution in [0, 0.1) is 0 Å². The van der Waals surface area contributed by atoms with Crippen LogP contribution in [0.2, 0.25) is 0 Å². The lowest BCUT2D eigenvalue weighted by molar-refractivity contribution is 0.0600. The lowest BCUT2D eigenvalue weighted by atomic mass is 10.1. The summed E-state index contributed by atoms with van der Waals surface area (Å²) in [6.07, 6.45) is 0.931. The van der Waals surface area contributed by atoms with E-state index >= 15 is 0 Å². The van der Waals surface area contributed by atoms with Gasteiger partial charge in [0.1, 0.15) is 18.1 Å². The Morgan fingerprint density at radius 1 is 1.19 bits per heavy atom. The van der Waals surface area contributed by atoms with E-state index in [-0.39, 0.29) is 5.97 Å². The number of ether oxygens (including phenoxy) is 3. The van der Waals surface area contributed by atoms with Crippen LogP contribution in [-0.2, 0) is 17.8 Å². The van der Waals surface area contributed by atoms with Gasteiger partial charge in [0, 0.05) is 12.0 Å². The number of esters is 1. The summed E-state index contributed by atoms with van der Waals surface area (Å²) in [7, 11) is 1.37. The van der Waals surface area contributed by atoms with Crippen LogP contribution in [-0.4, -0.2) is 19.7 Å². The van der Waals surface area contributed by atoms with Crippen molar-refractivity contribution < 1.29 is 19.0 Å². The van der Waals surface area contributed by atoms with E-state index in [2.05, 4.69) is 4.74 Å². The van der Waals surface area contributed by atoms with Crippen molar-refractivity contribution in [2.24, 2.45) is 0 Å². The minimum Gasteiger partial charge on any atom is -0.493 e. The smallest absolute Gasteiger partial charge is 0.337 e. The minimum atomic E-state index is -0.332. The number of methoxy groups -OCH3 is 1. The molecule has 0 saturated heterocycles. The molecule has 0 saturated carbocycles. The van der Waals surface area contributed by atoms with Gasteiger partial charge in [0.25, 0.3) is 0 Å². The molecule has 0 fully saturated rings. The maximum absolute atomic E-state index is 11.3. The minimum absolute atomic E-state index is 0.332. The Kier molecular flexibility index (Phi) is 3.77. The van der Waals surface area contributed by atoms with Crippen LogP contribution >= 0.6 is 0 Å². The van der Waals surface area contributed by atoms with E-state index in [1.54, 1.807) is 12.1 Å². The molecular weight excluding hydrogens is 268 g/mol. The number of hydrogen-bond acceptors (Lipinski definition) is 4. The van der Waals surface area contributed by atoms with E-state index in [9.17, 15) is 4.79 Å². The van der Waals surface area contributed by atoms with Crippen LogP contribution in [0.3, 0.4) is 0 Å². The fourth-order valence-corrected chi connectivity index (χ4v) is 2.27. The fraction of sp³-hybridized carbons (Fsp3) is 0.235. The summed E-state index contributed by atoms with van der Waals surface area (Å²) < 4.78 is 15.9. The van der Waals surface area contributed by atoms with Crippen molar-refractivity contribution in [2.45, 2.75) is 13.0 Å². The summed E-state index contributed by atoms with van der Waals surface area (Å²) >= 11 is 0. The molecule has 21 heavy (non-hydrogen) atoms. The quantitative estimate of drug-likeness (QED) is 0.810. The average Bonchev–Trinajstić information content (AvgIpc) is 3.00. The van der Waals surface area contributed by atoms with Gasteiger partial charge in [-0.3, -0.25) is 0 Å². The predicted octanol–water partition coefficient (Wildman–Crippen LogP) is 2.99. The van der Waals surface area contributed by atoms with Gasteiger partial charge >= 0.3 is 5.97 Å². The maximum Gasteiger partial charge on any atom is 0.337 e. The summed E-state index contributed by atoms with van der Waals surface area (Å²) in [4.78, 5) is 11.3. The van der Waals surface area contributed by atoms with E-state index in [0.29, 0.717) is 12.2 Å². The maximum atomic E-state index is 11.3. The van der Waals surface area contributed by atoms with Crippen LogP contribution in [0.25, 0.3) is 0 Å². The third-order valence-electron chi connectivity index (χ3n) is 3.44. The molecule has 1 aliphatic rings. The molecule has 2 aromatic carbocycles. The van der Waals surface area contributed by atoms with Gasteiger partial charge in [0.15, 0.2) is 0 Å². The van der Waals surface area contributed by atoms with Gasteiger partial charge in [0.05, 0.1) is 19.3 Å². The summed E-state index contributed by atoms with van der Waals surface area (Å²) in [5, 5.41) is 0. The molecular formula is C17H16O4. The third-order valence-corrected chi connectivity index (χ3v) is 3.44. The van der Waals surface area contributed by atoms with Crippen LogP contribution in [0.15, 0.2) is 42.5 Å². The van der Waals surface area contributed by atoms with Crippen molar-refractivity contribution in [3.63, 3.8) is 0 Å². The standard InChI is InChI=1S/C17H16O4/c1-19-17(18)13-4-2-12(3-5-13)11-21-15-6-7-16-14(10-15)8-9-20-16/h2-7,10H,8-9,11H2,1H3. The first-order chi connectivity index (χ1) is 10.3. The molecule has 0 bridgehead atoms. The highest BCUT2D eigenvalue weighted by Gasteiger charge is 2.12. The molecule has 0 unspecified atom stereocenters. The normalized spacial score (nSPS) is 12.4. The highest BCUT2D eigenvalue weighted by atomic mass is 16.5. The van der Waals surface area contributed by atoms with Crippen molar-refractivity contribution in [2.75, 3.05) is 13.7 Å². The zero-order chi connectivity index (χ0) is 14.7. The molecule has 4 nitrogen and oxygen atoms in total.